The number of aromatic nitrogens is 1. The summed E-state index contributed by atoms with van der Waals surface area (Å²) in [6.45, 7) is 2.37. The molecule has 0 saturated carbocycles. The van der Waals surface area contributed by atoms with Crippen molar-refractivity contribution < 1.29 is 9.59 Å². The molecule has 5 nitrogen and oxygen atoms in total. The number of hydrogen-bond acceptors (Lipinski definition) is 3. The summed E-state index contributed by atoms with van der Waals surface area (Å²) in [4.78, 5) is 37.3. The van der Waals surface area contributed by atoms with Gasteiger partial charge in [0, 0.05) is 25.4 Å². The van der Waals surface area contributed by atoms with Gasteiger partial charge in [0.1, 0.15) is 0 Å². The first kappa shape index (κ1) is 13.3. The van der Waals surface area contributed by atoms with Crippen molar-refractivity contribution in [2.75, 3.05) is 6.54 Å². The SMILES string of the molecule is Cc1ccc(=O)n(CCN2C(=O)c3ccccc3C2=O)c1. The van der Waals surface area contributed by atoms with E-state index < -0.39 is 0 Å². The van der Waals surface area contributed by atoms with Gasteiger partial charge in [-0.3, -0.25) is 19.3 Å². The second-order valence-corrected chi connectivity index (χ2v) is 5.05. The van der Waals surface area contributed by atoms with Gasteiger partial charge in [0.2, 0.25) is 0 Å². The Balaban J connectivity index is 1.81. The molecule has 2 heterocycles. The smallest absolute Gasteiger partial charge is 0.261 e. The van der Waals surface area contributed by atoms with Crippen LogP contribution in [-0.4, -0.2) is 27.8 Å². The van der Waals surface area contributed by atoms with Crippen LogP contribution in [0, 0.1) is 6.92 Å². The fraction of sp³-hybridized carbons (Fsp3) is 0.188. The molecule has 2 aromatic rings. The summed E-state index contributed by atoms with van der Waals surface area (Å²) in [6, 6.07) is 9.98. The summed E-state index contributed by atoms with van der Waals surface area (Å²) in [6.07, 6.45) is 1.72. The monoisotopic (exact) mass is 282 g/mol. The minimum Gasteiger partial charge on any atom is -0.313 e. The van der Waals surface area contributed by atoms with Crippen molar-refractivity contribution in [1.82, 2.24) is 9.47 Å². The molecule has 0 unspecified atom stereocenters. The number of aryl methyl sites for hydroxylation is 1. The number of hydrogen-bond donors (Lipinski definition) is 0. The molecule has 1 aromatic heterocycles. The summed E-state index contributed by atoms with van der Waals surface area (Å²) < 4.78 is 1.51. The number of rotatable bonds is 3. The molecule has 0 N–H and O–H groups in total. The van der Waals surface area contributed by atoms with Gasteiger partial charge in [0.25, 0.3) is 17.4 Å². The first-order valence-electron chi connectivity index (χ1n) is 6.70. The number of carbonyl (C=O) groups is 2. The third kappa shape index (κ3) is 2.27. The average molecular weight is 282 g/mol. The quantitative estimate of drug-likeness (QED) is 0.801. The first-order chi connectivity index (χ1) is 10.1. The topological polar surface area (TPSA) is 59.4 Å². The average Bonchev–Trinajstić information content (AvgIpc) is 2.73. The van der Waals surface area contributed by atoms with Gasteiger partial charge in [-0.05, 0) is 24.6 Å². The number of benzene rings is 1. The van der Waals surface area contributed by atoms with E-state index >= 15 is 0 Å². The Labute approximate surface area is 121 Å². The molecule has 0 atom stereocenters. The van der Waals surface area contributed by atoms with E-state index in [-0.39, 0.29) is 23.9 Å². The van der Waals surface area contributed by atoms with E-state index in [0.29, 0.717) is 17.7 Å². The van der Waals surface area contributed by atoms with E-state index in [2.05, 4.69) is 0 Å². The Hall–Kier alpha value is -2.69. The minimum absolute atomic E-state index is 0.141. The van der Waals surface area contributed by atoms with E-state index in [4.69, 9.17) is 0 Å². The molecule has 2 amide bonds. The summed E-state index contributed by atoms with van der Waals surface area (Å²) in [5.74, 6) is -0.590. The summed E-state index contributed by atoms with van der Waals surface area (Å²) >= 11 is 0. The van der Waals surface area contributed by atoms with E-state index in [1.807, 2.05) is 6.92 Å². The largest absolute Gasteiger partial charge is 0.313 e. The lowest BCUT2D eigenvalue weighted by molar-refractivity contribution is 0.0648. The van der Waals surface area contributed by atoms with E-state index in [9.17, 15) is 14.4 Å². The number of amides is 2. The summed E-state index contributed by atoms with van der Waals surface area (Å²) in [5.41, 5.74) is 1.67. The van der Waals surface area contributed by atoms with Crippen LogP contribution >= 0.6 is 0 Å². The zero-order valence-electron chi connectivity index (χ0n) is 11.6. The Morgan fingerprint density at radius 2 is 1.48 bits per heavy atom. The van der Waals surface area contributed by atoms with Gasteiger partial charge in [-0.25, -0.2) is 0 Å². The number of imide groups is 1. The molecule has 21 heavy (non-hydrogen) atoms. The standard InChI is InChI=1S/C16H14N2O3/c1-11-6-7-14(19)17(10-11)8-9-18-15(20)12-4-2-3-5-13(12)16(18)21/h2-7,10H,8-9H2,1H3. The highest BCUT2D eigenvalue weighted by atomic mass is 16.2. The number of carbonyl (C=O) groups excluding carboxylic acids is 2. The fourth-order valence-corrected chi connectivity index (χ4v) is 2.48. The Bertz CT molecular complexity index is 757. The van der Waals surface area contributed by atoms with E-state index in [1.54, 1.807) is 36.5 Å². The van der Waals surface area contributed by atoms with Crippen LogP contribution in [0.2, 0.25) is 0 Å². The van der Waals surface area contributed by atoms with Crippen LogP contribution in [0.25, 0.3) is 0 Å². The zero-order chi connectivity index (χ0) is 15.0. The van der Waals surface area contributed by atoms with E-state index in [1.165, 1.54) is 15.5 Å². The predicted octanol–water partition coefficient (Wildman–Crippen LogP) is 1.45. The van der Waals surface area contributed by atoms with Crippen LogP contribution < -0.4 is 5.56 Å². The molecule has 0 aliphatic carbocycles. The van der Waals surface area contributed by atoms with Crippen LogP contribution in [0.3, 0.4) is 0 Å². The van der Waals surface area contributed by atoms with Crippen LogP contribution in [0.1, 0.15) is 26.3 Å². The Morgan fingerprint density at radius 1 is 0.857 bits per heavy atom. The molecule has 0 bridgehead atoms. The number of fused-ring (bicyclic) bond motifs is 1. The number of pyridine rings is 1. The lowest BCUT2D eigenvalue weighted by Gasteiger charge is -2.14. The Morgan fingerprint density at radius 3 is 2.10 bits per heavy atom. The molecule has 1 aromatic carbocycles. The van der Waals surface area contributed by atoms with Crippen molar-refractivity contribution in [3.05, 3.63) is 69.6 Å². The maximum atomic E-state index is 12.2. The molecule has 5 heteroatoms. The fourth-order valence-electron chi connectivity index (χ4n) is 2.48. The molecule has 0 fully saturated rings. The van der Waals surface area contributed by atoms with Crippen molar-refractivity contribution in [3.63, 3.8) is 0 Å². The zero-order valence-corrected chi connectivity index (χ0v) is 11.6. The molecule has 1 aliphatic rings. The van der Waals surface area contributed by atoms with Crippen LogP contribution in [0.4, 0.5) is 0 Å². The molecular weight excluding hydrogens is 268 g/mol. The van der Waals surface area contributed by atoms with Gasteiger partial charge in [-0.1, -0.05) is 18.2 Å². The second-order valence-electron chi connectivity index (χ2n) is 5.05. The highest BCUT2D eigenvalue weighted by Gasteiger charge is 2.34. The molecule has 3 rings (SSSR count). The van der Waals surface area contributed by atoms with Crippen molar-refractivity contribution in [1.29, 1.82) is 0 Å². The van der Waals surface area contributed by atoms with Gasteiger partial charge in [0.15, 0.2) is 0 Å². The maximum absolute atomic E-state index is 12.2. The van der Waals surface area contributed by atoms with E-state index in [0.717, 1.165) is 5.56 Å². The molecule has 106 valence electrons. The maximum Gasteiger partial charge on any atom is 0.261 e. The first-order valence-corrected chi connectivity index (χ1v) is 6.70. The predicted molar refractivity (Wildman–Crippen MR) is 77.2 cm³/mol. The highest BCUT2D eigenvalue weighted by Crippen LogP contribution is 2.21. The summed E-state index contributed by atoms with van der Waals surface area (Å²) in [7, 11) is 0. The van der Waals surface area contributed by atoms with Gasteiger partial charge in [0.05, 0.1) is 11.1 Å². The summed E-state index contributed by atoms with van der Waals surface area (Å²) in [5, 5.41) is 0. The molecular formula is C16H14N2O3. The van der Waals surface area contributed by atoms with Crippen molar-refractivity contribution in [2.24, 2.45) is 0 Å². The van der Waals surface area contributed by atoms with Gasteiger partial charge in [-0.15, -0.1) is 0 Å². The van der Waals surface area contributed by atoms with Gasteiger partial charge >= 0.3 is 0 Å². The molecule has 0 radical (unpaired) electrons. The molecule has 1 aliphatic heterocycles. The van der Waals surface area contributed by atoms with Crippen molar-refractivity contribution in [2.45, 2.75) is 13.5 Å². The van der Waals surface area contributed by atoms with Crippen LogP contribution in [-0.2, 0) is 6.54 Å². The molecule has 0 spiro atoms. The Kier molecular flexibility index (Phi) is 3.17. The molecule has 0 saturated heterocycles. The van der Waals surface area contributed by atoms with Gasteiger partial charge < -0.3 is 4.57 Å². The van der Waals surface area contributed by atoms with Gasteiger partial charge in [-0.2, -0.15) is 0 Å². The van der Waals surface area contributed by atoms with Crippen molar-refractivity contribution >= 4 is 11.8 Å². The normalized spacial score (nSPS) is 13.7. The van der Waals surface area contributed by atoms with Crippen LogP contribution in [0.15, 0.2) is 47.4 Å². The lowest BCUT2D eigenvalue weighted by atomic mass is 10.1. The highest BCUT2D eigenvalue weighted by molar-refractivity contribution is 6.21. The lowest BCUT2D eigenvalue weighted by Crippen LogP contribution is -2.34. The number of nitrogens with zero attached hydrogens (tertiary/aromatic N) is 2. The van der Waals surface area contributed by atoms with Crippen LogP contribution in [0.5, 0.6) is 0 Å². The minimum atomic E-state index is -0.295. The third-order valence-corrected chi connectivity index (χ3v) is 3.57. The van der Waals surface area contributed by atoms with Crippen molar-refractivity contribution in [3.8, 4) is 0 Å². The third-order valence-electron chi connectivity index (χ3n) is 3.57. The second kappa shape index (κ2) is 5.01.